The highest BCUT2D eigenvalue weighted by atomic mass is 16.8. The maximum atomic E-state index is 14.6. The molecule has 1 aromatic rings. The van der Waals surface area contributed by atoms with Crippen molar-refractivity contribution in [3.8, 4) is 5.75 Å². The molecule has 1 saturated carbocycles. The number of rotatable bonds is 1. The summed E-state index contributed by atoms with van der Waals surface area (Å²) in [4.78, 5) is 31.5. The number of phenolic OH excluding ortho intramolecular Hbond substituents is 1. The van der Waals surface area contributed by atoms with Gasteiger partial charge in [0.05, 0.1) is 34.9 Å². The summed E-state index contributed by atoms with van der Waals surface area (Å²) in [6.07, 6.45) is -0.460. The number of fused-ring (bicyclic) bond motifs is 5. The van der Waals surface area contributed by atoms with Crippen LogP contribution in [0.5, 0.6) is 5.75 Å². The number of hydroxylamine groups is 2. The largest absolute Gasteiger partial charge is 0.600 e. The van der Waals surface area contributed by atoms with Gasteiger partial charge in [0, 0.05) is 24.9 Å². The van der Waals surface area contributed by atoms with Crippen molar-refractivity contribution in [3.63, 3.8) is 0 Å². The highest BCUT2D eigenvalue weighted by Gasteiger charge is 2.79. The van der Waals surface area contributed by atoms with E-state index in [0.29, 0.717) is 30.8 Å². The number of carbonyl (C=O) groups excluding carboxylic acids is 2. The third-order valence-corrected chi connectivity index (χ3v) is 10.6. The molecular weight excluding hydrogens is 454 g/mol. The van der Waals surface area contributed by atoms with Gasteiger partial charge in [0.1, 0.15) is 23.5 Å². The summed E-state index contributed by atoms with van der Waals surface area (Å²) in [5, 5.41) is 44.4. The van der Waals surface area contributed by atoms with Crippen LogP contribution in [0.25, 0.3) is 0 Å². The molecule has 3 saturated heterocycles. The quantitative estimate of drug-likeness (QED) is 0.315. The third kappa shape index (κ3) is 2.16. The molecule has 8 atom stereocenters. The van der Waals surface area contributed by atoms with Crippen molar-refractivity contribution in [1.82, 2.24) is 4.90 Å². The second kappa shape index (κ2) is 6.07. The van der Waals surface area contributed by atoms with Crippen molar-refractivity contribution in [1.29, 1.82) is 0 Å². The zero-order valence-electron chi connectivity index (χ0n) is 20.2. The average Bonchev–Trinajstić information content (AvgIpc) is 3.30. The van der Waals surface area contributed by atoms with Gasteiger partial charge in [-0.1, -0.05) is 19.9 Å². The van der Waals surface area contributed by atoms with Crippen LogP contribution in [-0.2, 0) is 14.9 Å². The smallest absolute Gasteiger partial charge is 0.239 e. The van der Waals surface area contributed by atoms with Gasteiger partial charge in [-0.3, -0.25) is 14.5 Å². The molecule has 1 spiro atoms. The number of morpholine rings is 1. The lowest BCUT2D eigenvalue weighted by Crippen LogP contribution is -3.16. The molecule has 1 aliphatic carbocycles. The fourth-order valence-electron chi connectivity index (χ4n) is 8.81. The number of aliphatic hydroxyl groups is 1. The molecule has 6 aliphatic rings. The number of Topliss-reactive ketones (excluding diaryl/α,β-unsaturated/α-hetero) is 1. The molecule has 0 radical (unpaired) electrons. The standard InChI is InChI=1S/C25H31N3O7/c1-22(2)15-7-12-19-14(35-19)8-26(12)10-24(15,28(33)34)9-25(22)11-5-6-13(29)16-17(11)27(21(25)32)23(3,4)20(31)18(16)30/h5-6,12,14-15,19-20,28-29,31,33H,7-10H2,1-4H3. The van der Waals surface area contributed by atoms with Crippen LogP contribution in [0.3, 0.4) is 0 Å². The number of epoxide rings is 1. The number of benzene rings is 1. The summed E-state index contributed by atoms with van der Waals surface area (Å²) in [5.74, 6) is -1.49. The minimum atomic E-state index is -1.51. The fraction of sp³-hybridized carbons (Fsp3) is 0.680. The molecule has 8 unspecified atom stereocenters. The van der Waals surface area contributed by atoms with Gasteiger partial charge in [0.15, 0.2) is 5.78 Å². The monoisotopic (exact) mass is 485 g/mol. The Labute approximate surface area is 202 Å². The molecular formula is C25H31N3O7. The van der Waals surface area contributed by atoms with E-state index >= 15 is 0 Å². The highest BCUT2D eigenvalue weighted by Crippen LogP contribution is 2.69. The number of aromatic hydroxyl groups is 1. The van der Waals surface area contributed by atoms with Crippen LogP contribution in [0.15, 0.2) is 12.1 Å². The van der Waals surface area contributed by atoms with Gasteiger partial charge in [-0.25, -0.2) is 10.4 Å². The summed E-state index contributed by atoms with van der Waals surface area (Å²) in [6.45, 7) is 8.33. The molecule has 10 heteroatoms. The summed E-state index contributed by atoms with van der Waals surface area (Å²) >= 11 is 0. The number of ketones is 1. The first-order chi connectivity index (χ1) is 16.3. The first-order valence-corrected chi connectivity index (χ1v) is 12.4. The average molecular weight is 486 g/mol. The number of phenols is 1. The number of hydrogen-bond donors (Lipinski definition) is 4. The second-order valence-corrected chi connectivity index (χ2v) is 12.6. The number of ether oxygens (including phenoxy) is 1. The molecule has 1 aromatic carbocycles. The SMILES string of the molecule is CC1(C)C(O)C(=O)c2c(O)ccc3c2N1C(=O)C31CC2([NH+]([O-])O)CN3CC4OC4C3CC2C1(C)C. The number of amides is 1. The summed E-state index contributed by atoms with van der Waals surface area (Å²) in [6, 6.07) is 3.23. The second-order valence-electron chi connectivity index (χ2n) is 12.6. The predicted molar refractivity (Wildman–Crippen MR) is 121 cm³/mol. The van der Waals surface area contributed by atoms with E-state index in [1.807, 2.05) is 13.8 Å². The van der Waals surface area contributed by atoms with Gasteiger partial charge >= 0.3 is 0 Å². The number of aliphatic hydroxyl groups excluding tert-OH is 1. The predicted octanol–water partition coefficient (Wildman–Crippen LogP) is -0.275. The number of carbonyl (C=O) groups is 2. The minimum Gasteiger partial charge on any atom is -0.600 e. The molecule has 4 N–H and O–H groups in total. The molecule has 10 nitrogen and oxygen atoms in total. The first kappa shape index (κ1) is 22.1. The fourth-order valence-corrected chi connectivity index (χ4v) is 8.81. The van der Waals surface area contributed by atoms with Gasteiger partial charge in [-0.15, -0.1) is 0 Å². The molecule has 7 rings (SSSR count). The van der Waals surface area contributed by atoms with Crippen molar-refractivity contribution < 1.29 is 35.0 Å². The molecule has 1 amide bonds. The van der Waals surface area contributed by atoms with Crippen LogP contribution in [0.1, 0.15) is 56.5 Å². The lowest BCUT2D eigenvalue weighted by atomic mass is 9.60. The molecule has 0 bridgehead atoms. The summed E-state index contributed by atoms with van der Waals surface area (Å²) < 4.78 is 5.79. The van der Waals surface area contributed by atoms with Crippen LogP contribution < -0.4 is 10.1 Å². The van der Waals surface area contributed by atoms with Crippen LogP contribution in [0.2, 0.25) is 0 Å². The Bertz CT molecular complexity index is 1210. The van der Waals surface area contributed by atoms with Crippen LogP contribution in [0, 0.1) is 16.5 Å². The zero-order valence-corrected chi connectivity index (χ0v) is 20.2. The highest BCUT2D eigenvalue weighted by molar-refractivity contribution is 6.21. The number of nitrogens with one attached hydrogen (secondary N) is 1. The molecule has 5 aliphatic heterocycles. The molecule has 0 aromatic heterocycles. The van der Waals surface area contributed by atoms with E-state index in [0.717, 1.165) is 0 Å². The van der Waals surface area contributed by atoms with E-state index in [-0.39, 0.29) is 47.8 Å². The van der Waals surface area contributed by atoms with Crippen molar-refractivity contribution in [3.05, 3.63) is 28.5 Å². The maximum Gasteiger partial charge on any atom is 0.239 e. The Kier molecular flexibility index (Phi) is 3.84. The Hall–Kier alpha value is -2.08. The van der Waals surface area contributed by atoms with Crippen molar-refractivity contribution in [2.24, 2.45) is 11.3 Å². The van der Waals surface area contributed by atoms with Crippen molar-refractivity contribution in [2.75, 3.05) is 18.0 Å². The van der Waals surface area contributed by atoms with Crippen LogP contribution in [0.4, 0.5) is 5.69 Å². The normalized spacial score (nSPS) is 44.8. The Balaban J connectivity index is 1.47. The van der Waals surface area contributed by atoms with Crippen molar-refractivity contribution in [2.45, 2.75) is 81.4 Å². The number of piperidine rings is 1. The summed E-state index contributed by atoms with van der Waals surface area (Å²) in [7, 11) is 0. The van der Waals surface area contributed by atoms with Gasteiger partial charge in [0.25, 0.3) is 0 Å². The van der Waals surface area contributed by atoms with E-state index in [1.165, 1.54) is 11.0 Å². The maximum absolute atomic E-state index is 14.6. The van der Waals surface area contributed by atoms with E-state index in [9.17, 15) is 30.2 Å². The van der Waals surface area contributed by atoms with E-state index in [4.69, 9.17) is 4.74 Å². The Morgan fingerprint density at radius 3 is 2.60 bits per heavy atom. The Morgan fingerprint density at radius 2 is 1.91 bits per heavy atom. The topological polar surface area (TPSA) is 141 Å². The Morgan fingerprint density at radius 1 is 1.20 bits per heavy atom. The lowest BCUT2D eigenvalue weighted by molar-refractivity contribution is -1.09. The third-order valence-electron chi connectivity index (χ3n) is 10.6. The van der Waals surface area contributed by atoms with E-state index in [2.05, 4.69) is 4.90 Å². The number of anilines is 1. The van der Waals surface area contributed by atoms with Gasteiger partial charge in [-0.2, -0.15) is 0 Å². The molecule has 4 fully saturated rings. The van der Waals surface area contributed by atoms with E-state index < -0.39 is 39.0 Å². The molecule has 35 heavy (non-hydrogen) atoms. The van der Waals surface area contributed by atoms with Crippen LogP contribution in [-0.4, -0.2) is 80.5 Å². The molecule has 5 heterocycles. The minimum absolute atomic E-state index is 0.0514. The lowest BCUT2D eigenvalue weighted by Gasteiger charge is -2.51. The van der Waals surface area contributed by atoms with Gasteiger partial charge in [-0.05, 0) is 37.3 Å². The number of nitrogens with zero attached hydrogens (tertiary/aromatic N) is 2. The zero-order chi connectivity index (χ0) is 25.0. The van der Waals surface area contributed by atoms with Crippen LogP contribution >= 0.6 is 0 Å². The summed E-state index contributed by atoms with van der Waals surface area (Å²) in [5.41, 5.74) is -3.50. The number of quaternary nitrogens is 1. The van der Waals surface area contributed by atoms with E-state index in [1.54, 1.807) is 19.9 Å². The number of hydrogen-bond acceptors (Lipinski definition) is 8. The van der Waals surface area contributed by atoms with Gasteiger partial charge in [0.2, 0.25) is 5.91 Å². The van der Waals surface area contributed by atoms with Gasteiger partial charge < -0.3 is 25.1 Å². The van der Waals surface area contributed by atoms with Crippen molar-refractivity contribution >= 4 is 17.4 Å². The molecule has 188 valence electrons. The first-order valence-electron chi connectivity index (χ1n) is 12.4.